The van der Waals surface area contributed by atoms with Crippen molar-refractivity contribution in [3.63, 3.8) is 0 Å². The average molecular weight is 292 g/mol. The maximum absolute atomic E-state index is 12.3. The van der Waals surface area contributed by atoms with E-state index in [1.54, 1.807) is 0 Å². The highest BCUT2D eigenvalue weighted by Gasteiger charge is 2.40. The minimum absolute atomic E-state index is 0.0162. The molecule has 0 aromatic rings. The van der Waals surface area contributed by atoms with E-state index in [1.807, 2.05) is 0 Å². The highest BCUT2D eigenvalue weighted by atomic mass is 32.2. The number of rotatable bonds is 5. The van der Waals surface area contributed by atoms with Gasteiger partial charge in [-0.25, -0.2) is 0 Å². The Balaban J connectivity index is 1.95. The van der Waals surface area contributed by atoms with Crippen LogP contribution in [0.4, 0.5) is 0 Å². The Morgan fingerprint density at radius 2 is 1.95 bits per heavy atom. The van der Waals surface area contributed by atoms with Crippen molar-refractivity contribution >= 4 is 16.2 Å². The van der Waals surface area contributed by atoms with Gasteiger partial charge in [-0.15, -0.1) is 0 Å². The Morgan fingerprint density at radius 3 is 2.47 bits per heavy atom. The van der Waals surface area contributed by atoms with Crippen LogP contribution in [0.3, 0.4) is 0 Å². The van der Waals surface area contributed by atoms with Gasteiger partial charge in [0.15, 0.2) is 0 Å². The molecule has 8 heteroatoms. The molecule has 2 bridgehead atoms. The third-order valence-corrected chi connectivity index (χ3v) is 5.51. The van der Waals surface area contributed by atoms with Gasteiger partial charge in [0.05, 0.1) is 25.7 Å². The quantitative estimate of drug-likeness (QED) is 0.644. The molecule has 0 spiro atoms. The van der Waals surface area contributed by atoms with Crippen LogP contribution in [0.5, 0.6) is 0 Å². The summed E-state index contributed by atoms with van der Waals surface area (Å²) in [5.41, 5.74) is 0. The van der Waals surface area contributed by atoms with Crippen molar-refractivity contribution in [3.8, 4) is 0 Å². The molecule has 110 valence electrons. The van der Waals surface area contributed by atoms with Crippen molar-refractivity contribution in [1.29, 1.82) is 0 Å². The molecule has 2 rings (SSSR count). The molecular weight excluding hydrogens is 272 g/mol. The second-order valence-corrected chi connectivity index (χ2v) is 6.97. The first kappa shape index (κ1) is 14.7. The van der Waals surface area contributed by atoms with Crippen LogP contribution in [0.25, 0.3) is 0 Å². The van der Waals surface area contributed by atoms with Crippen LogP contribution in [0.1, 0.15) is 19.3 Å². The largest absolute Gasteiger partial charge is 0.469 e. The summed E-state index contributed by atoms with van der Waals surface area (Å²) < 4.78 is 37.5. The van der Waals surface area contributed by atoms with E-state index in [4.69, 9.17) is 4.74 Å². The van der Waals surface area contributed by atoms with E-state index in [1.165, 1.54) is 22.8 Å². The summed E-state index contributed by atoms with van der Waals surface area (Å²) in [7, 11) is -0.743. The standard InChI is InChI=1S/C11H20N2O5S/c1-12(6-5-11(14)17-2)19(15,16)13-7-9-3-4-10(8-13)18-9/h9-10H,3-8H2,1-2H3. The number of methoxy groups -OCH3 is 1. The third-order valence-electron chi connectivity index (χ3n) is 3.59. The lowest BCUT2D eigenvalue weighted by molar-refractivity contribution is -0.140. The van der Waals surface area contributed by atoms with Gasteiger partial charge in [0.1, 0.15) is 0 Å². The van der Waals surface area contributed by atoms with Crippen molar-refractivity contribution in [1.82, 2.24) is 8.61 Å². The normalized spacial score (nSPS) is 27.7. The predicted molar refractivity (Wildman–Crippen MR) is 67.7 cm³/mol. The van der Waals surface area contributed by atoms with Gasteiger partial charge < -0.3 is 9.47 Å². The molecule has 7 nitrogen and oxygen atoms in total. The Hall–Kier alpha value is -0.700. The number of morpholine rings is 1. The van der Waals surface area contributed by atoms with Crippen LogP contribution in [0.15, 0.2) is 0 Å². The van der Waals surface area contributed by atoms with Crippen LogP contribution >= 0.6 is 0 Å². The zero-order valence-corrected chi connectivity index (χ0v) is 12.1. The van der Waals surface area contributed by atoms with E-state index in [0.29, 0.717) is 13.1 Å². The molecule has 0 aromatic heterocycles. The zero-order valence-electron chi connectivity index (χ0n) is 11.2. The Bertz CT molecular complexity index is 426. The molecule has 2 heterocycles. The molecule has 2 aliphatic rings. The van der Waals surface area contributed by atoms with Gasteiger partial charge in [0.25, 0.3) is 10.2 Å². The fraction of sp³-hybridized carbons (Fsp3) is 0.909. The van der Waals surface area contributed by atoms with Crippen molar-refractivity contribution in [2.45, 2.75) is 31.5 Å². The fourth-order valence-electron chi connectivity index (χ4n) is 2.43. The summed E-state index contributed by atoms with van der Waals surface area (Å²) in [4.78, 5) is 11.1. The molecule has 0 saturated carbocycles. The first-order chi connectivity index (χ1) is 8.93. The number of nitrogens with zero attached hydrogens (tertiary/aromatic N) is 2. The summed E-state index contributed by atoms with van der Waals surface area (Å²) in [5.74, 6) is -0.413. The van der Waals surface area contributed by atoms with Gasteiger partial charge in [-0.05, 0) is 12.8 Å². The van der Waals surface area contributed by atoms with E-state index < -0.39 is 16.2 Å². The van der Waals surface area contributed by atoms with Crippen molar-refractivity contribution in [3.05, 3.63) is 0 Å². The Labute approximate surface area is 113 Å². The number of carbonyl (C=O) groups is 1. The number of fused-ring (bicyclic) bond motifs is 2. The first-order valence-corrected chi connectivity index (χ1v) is 7.77. The minimum atomic E-state index is -3.51. The fourth-order valence-corrected chi connectivity index (χ4v) is 3.85. The maximum Gasteiger partial charge on any atom is 0.306 e. The van der Waals surface area contributed by atoms with Gasteiger partial charge in [0, 0.05) is 26.7 Å². The summed E-state index contributed by atoms with van der Waals surface area (Å²) >= 11 is 0. The van der Waals surface area contributed by atoms with Crippen LogP contribution < -0.4 is 0 Å². The molecule has 2 atom stereocenters. The lowest BCUT2D eigenvalue weighted by atomic mass is 10.2. The van der Waals surface area contributed by atoms with E-state index in [2.05, 4.69) is 4.74 Å². The van der Waals surface area contributed by atoms with Gasteiger partial charge in [-0.3, -0.25) is 4.79 Å². The summed E-state index contributed by atoms with van der Waals surface area (Å²) in [5, 5.41) is 0. The molecule has 0 amide bonds. The molecule has 2 aliphatic heterocycles. The highest BCUT2D eigenvalue weighted by Crippen LogP contribution is 2.28. The molecule has 0 radical (unpaired) electrons. The van der Waals surface area contributed by atoms with Crippen molar-refractivity contribution in [2.75, 3.05) is 33.8 Å². The molecule has 2 unspecified atom stereocenters. The van der Waals surface area contributed by atoms with Gasteiger partial charge >= 0.3 is 5.97 Å². The number of esters is 1. The molecular formula is C11H20N2O5S. The van der Waals surface area contributed by atoms with Crippen molar-refractivity contribution in [2.24, 2.45) is 0 Å². The lowest BCUT2D eigenvalue weighted by Gasteiger charge is -2.33. The lowest BCUT2D eigenvalue weighted by Crippen LogP contribution is -2.50. The monoisotopic (exact) mass is 292 g/mol. The smallest absolute Gasteiger partial charge is 0.306 e. The van der Waals surface area contributed by atoms with Crippen LogP contribution in [-0.4, -0.2) is 69.0 Å². The van der Waals surface area contributed by atoms with Crippen LogP contribution in [-0.2, 0) is 24.5 Å². The van der Waals surface area contributed by atoms with Gasteiger partial charge in [-0.2, -0.15) is 17.0 Å². The Kier molecular flexibility index (Phi) is 4.44. The second-order valence-electron chi connectivity index (χ2n) is 4.93. The zero-order chi connectivity index (χ0) is 14.0. The van der Waals surface area contributed by atoms with Crippen LogP contribution in [0, 0.1) is 0 Å². The van der Waals surface area contributed by atoms with Crippen LogP contribution in [0.2, 0.25) is 0 Å². The van der Waals surface area contributed by atoms with E-state index in [9.17, 15) is 13.2 Å². The number of hydrogen-bond acceptors (Lipinski definition) is 5. The minimum Gasteiger partial charge on any atom is -0.469 e. The molecule has 0 N–H and O–H groups in total. The molecule has 2 saturated heterocycles. The summed E-state index contributed by atoms with van der Waals surface area (Å²) in [6, 6.07) is 0. The topological polar surface area (TPSA) is 76.2 Å². The third kappa shape index (κ3) is 3.25. The summed E-state index contributed by atoms with van der Waals surface area (Å²) in [6.07, 6.45) is 1.93. The number of hydrogen-bond donors (Lipinski definition) is 0. The SMILES string of the molecule is COC(=O)CCN(C)S(=O)(=O)N1CC2CCC(C1)O2. The number of carbonyl (C=O) groups excluding carboxylic acids is 1. The number of ether oxygens (including phenoxy) is 2. The summed E-state index contributed by atoms with van der Waals surface area (Å²) in [6.45, 7) is 0.935. The van der Waals surface area contributed by atoms with E-state index >= 15 is 0 Å². The predicted octanol–water partition coefficient (Wildman–Crippen LogP) is -0.411. The molecule has 19 heavy (non-hydrogen) atoms. The first-order valence-electron chi connectivity index (χ1n) is 6.37. The molecule has 0 aromatic carbocycles. The van der Waals surface area contributed by atoms with Crippen molar-refractivity contribution < 1.29 is 22.7 Å². The highest BCUT2D eigenvalue weighted by molar-refractivity contribution is 7.86. The molecule has 0 aliphatic carbocycles. The van der Waals surface area contributed by atoms with Gasteiger partial charge in [-0.1, -0.05) is 0 Å². The van der Waals surface area contributed by atoms with Gasteiger partial charge in [0.2, 0.25) is 0 Å². The van der Waals surface area contributed by atoms with E-state index in [0.717, 1.165) is 12.8 Å². The average Bonchev–Trinajstić information content (AvgIpc) is 2.73. The maximum atomic E-state index is 12.3. The molecule has 2 fully saturated rings. The Morgan fingerprint density at radius 1 is 1.37 bits per heavy atom. The second kappa shape index (κ2) is 5.74. The van der Waals surface area contributed by atoms with E-state index in [-0.39, 0.29) is 25.2 Å².